The summed E-state index contributed by atoms with van der Waals surface area (Å²) < 4.78 is 40.9. The number of nitrogens with zero attached hydrogens (tertiary/aromatic N) is 4. The van der Waals surface area contributed by atoms with Crippen molar-refractivity contribution in [2.75, 3.05) is 13.1 Å². The number of pyridine rings is 2. The summed E-state index contributed by atoms with van der Waals surface area (Å²) >= 11 is 1.10. The molecule has 0 amide bonds. The van der Waals surface area contributed by atoms with E-state index in [2.05, 4.69) is 25.1 Å². The van der Waals surface area contributed by atoms with E-state index in [0.717, 1.165) is 66.1 Å². The molecule has 38 heavy (non-hydrogen) atoms. The average molecular weight is 531 g/mol. The van der Waals surface area contributed by atoms with Gasteiger partial charge in [-0.15, -0.1) is 11.3 Å². The summed E-state index contributed by atoms with van der Waals surface area (Å²) in [5, 5.41) is 9.24. The monoisotopic (exact) mass is 530 g/mol. The Bertz CT molecular complexity index is 1800. The lowest BCUT2D eigenvalue weighted by Gasteiger charge is -2.15. The molecule has 0 saturated carbocycles. The number of nitrogens with one attached hydrogen (secondary N) is 2. The molecule has 0 atom stereocenters. The van der Waals surface area contributed by atoms with Crippen LogP contribution in [0.25, 0.3) is 54.9 Å². The molecule has 2 N–H and O–H groups in total. The fraction of sp³-hybridized carbons (Fsp3) is 0.179. The quantitative estimate of drug-likeness (QED) is 0.255. The fourth-order valence-electron chi connectivity index (χ4n) is 5.16. The van der Waals surface area contributed by atoms with Gasteiger partial charge in [0.15, 0.2) is 5.13 Å². The maximum Gasteiger partial charge on any atom is 0.261 e. The molecule has 1 saturated heterocycles. The largest absolute Gasteiger partial charge is 0.338 e. The van der Waals surface area contributed by atoms with Crippen LogP contribution in [0.3, 0.4) is 0 Å². The summed E-state index contributed by atoms with van der Waals surface area (Å²) in [5.41, 5.74) is 6.77. The lowest BCUT2D eigenvalue weighted by Crippen LogP contribution is -2.24. The molecule has 1 fully saturated rings. The highest BCUT2D eigenvalue weighted by molar-refractivity contribution is 7.14. The molecule has 0 bridgehead atoms. The molecular weight excluding hydrogens is 509 g/mol. The van der Waals surface area contributed by atoms with Crippen molar-refractivity contribution in [1.29, 1.82) is 0 Å². The van der Waals surface area contributed by atoms with Gasteiger partial charge < -0.3 is 4.98 Å². The first-order chi connectivity index (χ1) is 18.4. The molecule has 0 unspecified atom stereocenters. The van der Waals surface area contributed by atoms with Gasteiger partial charge in [0.25, 0.3) is 5.92 Å². The predicted molar refractivity (Wildman–Crippen MR) is 143 cm³/mol. The Balaban J connectivity index is 1.24. The van der Waals surface area contributed by atoms with Crippen LogP contribution in [0.2, 0.25) is 0 Å². The number of hydrogen-bond acceptors (Lipinski definition) is 5. The number of fused-ring (bicyclic) bond motifs is 2. The minimum absolute atomic E-state index is 0.102. The van der Waals surface area contributed by atoms with Gasteiger partial charge in [0, 0.05) is 64.9 Å². The van der Waals surface area contributed by atoms with Crippen molar-refractivity contribution in [3.05, 3.63) is 77.8 Å². The Morgan fingerprint density at radius 3 is 2.74 bits per heavy atom. The molecule has 6 heterocycles. The van der Waals surface area contributed by atoms with Gasteiger partial charge in [-0.05, 0) is 53.6 Å². The SMILES string of the molecule is Fc1ccc(-c2ccnc3[nH]c(-c4n[nH]c5ccc(-c6cncc(CN7CCC(F)(F)C7)c6)cc45)cc23)s1. The van der Waals surface area contributed by atoms with E-state index in [4.69, 9.17) is 0 Å². The van der Waals surface area contributed by atoms with Crippen LogP contribution in [0, 0.1) is 5.13 Å². The van der Waals surface area contributed by atoms with Crippen LogP contribution in [0.5, 0.6) is 0 Å². The van der Waals surface area contributed by atoms with E-state index < -0.39 is 5.92 Å². The molecule has 0 aliphatic carbocycles. The van der Waals surface area contributed by atoms with Crippen LogP contribution in [-0.4, -0.2) is 49.1 Å². The van der Waals surface area contributed by atoms with Gasteiger partial charge in [0.2, 0.25) is 0 Å². The summed E-state index contributed by atoms with van der Waals surface area (Å²) in [4.78, 5) is 14.8. The van der Waals surface area contributed by atoms with E-state index in [1.165, 1.54) is 6.07 Å². The number of hydrogen-bond donors (Lipinski definition) is 2. The van der Waals surface area contributed by atoms with E-state index in [9.17, 15) is 13.2 Å². The molecule has 10 heteroatoms. The second kappa shape index (κ2) is 8.78. The summed E-state index contributed by atoms with van der Waals surface area (Å²) in [6, 6.07) is 15.1. The maximum absolute atomic E-state index is 13.7. The molecule has 7 rings (SSSR count). The highest BCUT2D eigenvalue weighted by Gasteiger charge is 2.37. The van der Waals surface area contributed by atoms with Crippen LogP contribution in [-0.2, 0) is 6.54 Å². The number of alkyl halides is 2. The lowest BCUT2D eigenvalue weighted by atomic mass is 10.0. The zero-order valence-electron chi connectivity index (χ0n) is 20.0. The Morgan fingerprint density at radius 1 is 1.00 bits per heavy atom. The van der Waals surface area contributed by atoms with Gasteiger partial charge in [-0.3, -0.25) is 15.0 Å². The van der Waals surface area contributed by atoms with Gasteiger partial charge in [-0.25, -0.2) is 13.8 Å². The minimum Gasteiger partial charge on any atom is -0.338 e. The molecular formula is C28H21F3N6S. The number of likely N-dealkylation sites (tertiary alicyclic amines) is 1. The number of H-pyrrole nitrogens is 2. The van der Waals surface area contributed by atoms with Gasteiger partial charge in [-0.2, -0.15) is 9.49 Å². The third kappa shape index (κ3) is 4.15. The standard InChI is InChI=1S/C28H21F3N6S/c29-25-4-3-24(38-25)19-5-7-33-27-20(19)11-23(34-27)26-21-10-17(1-2-22(21)35-36-26)18-9-16(12-32-13-18)14-37-8-6-28(30,31)15-37/h1-5,7,9-13H,6,8,14-15H2,(H,33,34)(H,35,36). The maximum atomic E-state index is 13.7. The molecule has 0 spiro atoms. The van der Waals surface area contributed by atoms with Gasteiger partial charge >= 0.3 is 0 Å². The van der Waals surface area contributed by atoms with Crippen LogP contribution in [0.1, 0.15) is 12.0 Å². The molecule has 6 aromatic rings. The van der Waals surface area contributed by atoms with Crippen molar-refractivity contribution in [2.24, 2.45) is 0 Å². The number of halogens is 3. The smallest absolute Gasteiger partial charge is 0.261 e. The van der Waals surface area contributed by atoms with Crippen molar-refractivity contribution in [3.63, 3.8) is 0 Å². The Labute approximate surface area is 219 Å². The van der Waals surface area contributed by atoms with Crippen LogP contribution < -0.4 is 0 Å². The van der Waals surface area contributed by atoms with Crippen LogP contribution in [0.4, 0.5) is 13.2 Å². The van der Waals surface area contributed by atoms with Gasteiger partial charge in [-0.1, -0.05) is 6.07 Å². The molecule has 190 valence electrons. The second-order valence-electron chi connectivity index (χ2n) is 9.64. The summed E-state index contributed by atoms with van der Waals surface area (Å²) in [6.07, 6.45) is 5.12. The fourth-order valence-corrected chi connectivity index (χ4v) is 5.93. The van der Waals surface area contributed by atoms with Crippen molar-refractivity contribution in [1.82, 2.24) is 30.0 Å². The number of thiophene rings is 1. The van der Waals surface area contributed by atoms with E-state index in [0.29, 0.717) is 18.7 Å². The normalized spacial score (nSPS) is 15.7. The van der Waals surface area contributed by atoms with E-state index in [1.807, 2.05) is 36.4 Å². The van der Waals surface area contributed by atoms with Crippen molar-refractivity contribution >= 4 is 33.3 Å². The first kappa shape index (κ1) is 23.1. The van der Waals surface area contributed by atoms with Crippen molar-refractivity contribution in [3.8, 4) is 33.0 Å². The van der Waals surface area contributed by atoms with E-state index in [-0.39, 0.29) is 18.1 Å². The lowest BCUT2D eigenvalue weighted by molar-refractivity contribution is 0.0115. The number of rotatable bonds is 5. The highest BCUT2D eigenvalue weighted by atomic mass is 32.1. The van der Waals surface area contributed by atoms with E-state index >= 15 is 0 Å². The van der Waals surface area contributed by atoms with E-state index in [1.54, 1.807) is 29.6 Å². The summed E-state index contributed by atoms with van der Waals surface area (Å²) in [7, 11) is 0. The molecule has 1 aliphatic heterocycles. The number of aromatic nitrogens is 5. The van der Waals surface area contributed by atoms with Gasteiger partial charge in [0.1, 0.15) is 11.3 Å². The third-order valence-corrected chi connectivity index (χ3v) is 7.88. The summed E-state index contributed by atoms with van der Waals surface area (Å²) in [5.74, 6) is -2.62. The zero-order chi connectivity index (χ0) is 25.9. The molecule has 1 aromatic carbocycles. The molecule has 0 radical (unpaired) electrons. The topological polar surface area (TPSA) is 73.5 Å². The Morgan fingerprint density at radius 2 is 1.92 bits per heavy atom. The summed E-state index contributed by atoms with van der Waals surface area (Å²) in [6.45, 7) is 0.600. The first-order valence-corrected chi connectivity index (χ1v) is 13.0. The number of aromatic amines is 2. The zero-order valence-corrected chi connectivity index (χ0v) is 20.8. The minimum atomic E-state index is -2.62. The van der Waals surface area contributed by atoms with Crippen molar-refractivity contribution in [2.45, 2.75) is 18.9 Å². The van der Waals surface area contributed by atoms with Gasteiger partial charge in [0.05, 0.1) is 17.8 Å². The molecule has 6 nitrogen and oxygen atoms in total. The van der Waals surface area contributed by atoms with Crippen molar-refractivity contribution < 1.29 is 13.2 Å². The average Bonchev–Trinajstić information content (AvgIpc) is 3.69. The van der Waals surface area contributed by atoms with Crippen LogP contribution >= 0.6 is 11.3 Å². The Hall–Kier alpha value is -4.02. The first-order valence-electron chi connectivity index (χ1n) is 12.2. The second-order valence-corrected chi connectivity index (χ2v) is 10.7. The molecule has 5 aromatic heterocycles. The highest BCUT2D eigenvalue weighted by Crippen LogP contribution is 2.36. The predicted octanol–water partition coefficient (Wildman–Crippen LogP) is 6.88. The number of benzene rings is 1. The van der Waals surface area contributed by atoms with Crippen LogP contribution in [0.15, 0.2) is 67.1 Å². The molecule has 1 aliphatic rings. The third-order valence-electron chi connectivity index (χ3n) is 6.97. The Kier molecular flexibility index (Phi) is 5.34.